The molecule has 2 aliphatic heterocycles. The number of alkyl halides is 2. The number of aromatic nitrogens is 3. The number of hydrogen-bond acceptors (Lipinski definition) is 7. The number of carbonyl (C=O) groups excluding carboxylic acids is 4. The van der Waals surface area contributed by atoms with Crippen LogP contribution in [0.4, 0.5) is 17.6 Å². The molecule has 0 radical (unpaired) electrons. The summed E-state index contributed by atoms with van der Waals surface area (Å²) in [4.78, 5) is 64.7. The number of halogens is 4. The Morgan fingerprint density at radius 3 is 2.12 bits per heavy atom. The smallest absolute Gasteiger partial charge is 0.246 e. The molecule has 6 unspecified atom stereocenters. The van der Waals surface area contributed by atoms with E-state index in [0.29, 0.717) is 46.3 Å². The minimum atomic E-state index is -1.35. The van der Waals surface area contributed by atoms with Gasteiger partial charge in [-0.25, -0.2) is 22.5 Å². The molecule has 0 bridgehead atoms. The van der Waals surface area contributed by atoms with Gasteiger partial charge in [0.25, 0.3) is 0 Å². The van der Waals surface area contributed by atoms with Gasteiger partial charge in [0.2, 0.25) is 23.6 Å². The lowest BCUT2D eigenvalue weighted by atomic mass is 9.85. The molecule has 17 heteroatoms. The van der Waals surface area contributed by atoms with Gasteiger partial charge in [-0.3, -0.25) is 19.2 Å². The van der Waals surface area contributed by atoms with Crippen molar-refractivity contribution in [3.8, 4) is 11.5 Å². The fourth-order valence-electron chi connectivity index (χ4n) is 8.52. The summed E-state index contributed by atoms with van der Waals surface area (Å²) < 4.78 is 62.2. The molecule has 4 aromatic rings. The van der Waals surface area contributed by atoms with Crippen molar-refractivity contribution in [3.63, 3.8) is 0 Å². The highest BCUT2D eigenvalue weighted by Gasteiger charge is 2.44. The lowest BCUT2D eigenvalue weighted by Gasteiger charge is -2.35. The highest BCUT2D eigenvalue weighted by molar-refractivity contribution is 5.93. The van der Waals surface area contributed by atoms with Crippen molar-refractivity contribution in [3.05, 3.63) is 53.6 Å². The lowest BCUT2D eigenvalue weighted by Crippen LogP contribution is -2.57. The van der Waals surface area contributed by atoms with Gasteiger partial charge in [-0.15, -0.1) is 0 Å². The first-order valence-corrected chi connectivity index (χ1v) is 20.3. The second-order valence-corrected chi connectivity index (χ2v) is 16.8. The average Bonchev–Trinajstić information content (AvgIpc) is 3.92. The Balaban J connectivity index is 1.42. The molecule has 0 aliphatic carbocycles. The Morgan fingerprint density at radius 2 is 1.47 bits per heavy atom. The van der Waals surface area contributed by atoms with Crippen LogP contribution in [-0.2, 0) is 32.1 Å². The predicted molar refractivity (Wildman–Crippen MR) is 217 cm³/mol. The van der Waals surface area contributed by atoms with Crippen LogP contribution in [0.2, 0.25) is 0 Å². The van der Waals surface area contributed by atoms with Crippen LogP contribution in [0.1, 0.15) is 58.9 Å². The number of carbonyl (C=O) groups is 4. The molecule has 2 fully saturated rings. The molecule has 0 spiro atoms. The molecule has 13 nitrogen and oxygen atoms in total. The van der Waals surface area contributed by atoms with Crippen molar-refractivity contribution >= 4 is 45.6 Å². The zero-order valence-corrected chi connectivity index (χ0v) is 34.4. The van der Waals surface area contributed by atoms with Crippen molar-refractivity contribution in [2.45, 2.75) is 103 Å². The Kier molecular flexibility index (Phi) is 13.3. The van der Waals surface area contributed by atoms with Crippen molar-refractivity contribution < 1.29 is 36.7 Å². The minimum absolute atomic E-state index is 0.00280. The fourth-order valence-corrected chi connectivity index (χ4v) is 8.52. The topological polar surface area (TPSA) is 156 Å². The van der Waals surface area contributed by atoms with E-state index in [4.69, 9.17) is 4.98 Å². The molecule has 6 atom stereocenters. The van der Waals surface area contributed by atoms with Crippen LogP contribution >= 0.6 is 0 Å². The second-order valence-electron chi connectivity index (χ2n) is 16.8. The summed E-state index contributed by atoms with van der Waals surface area (Å²) in [5, 5.41) is 11.7. The van der Waals surface area contributed by atoms with E-state index >= 15 is 8.78 Å². The third-order valence-electron chi connectivity index (χ3n) is 11.2. The monoisotopic (exact) mass is 825 g/mol. The molecule has 59 heavy (non-hydrogen) atoms. The van der Waals surface area contributed by atoms with Crippen molar-refractivity contribution in [2.24, 2.45) is 5.41 Å². The van der Waals surface area contributed by atoms with Gasteiger partial charge in [0, 0.05) is 42.4 Å². The van der Waals surface area contributed by atoms with E-state index < -0.39 is 65.4 Å². The molecule has 4 amide bonds. The Bertz CT molecular complexity index is 2190. The Labute approximate surface area is 341 Å². The fraction of sp³-hybridized carbons (Fsp3) is 0.548. The van der Waals surface area contributed by atoms with Crippen LogP contribution in [0, 0.1) is 17.0 Å². The summed E-state index contributed by atoms with van der Waals surface area (Å²) in [5.41, 5.74) is 1.46. The Hall–Kier alpha value is -5.03. The number of amides is 4. The Morgan fingerprint density at radius 1 is 0.864 bits per heavy atom. The van der Waals surface area contributed by atoms with Crippen molar-refractivity contribution in [2.75, 3.05) is 40.3 Å². The number of hydrogen-bond donors (Lipinski definition) is 5. The number of fused-ring (bicyclic) bond motifs is 2. The summed E-state index contributed by atoms with van der Waals surface area (Å²) >= 11 is 0. The first-order chi connectivity index (χ1) is 28.0. The minimum Gasteiger partial charge on any atom is -0.352 e. The summed E-state index contributed by atoms with van der Waals surface area (Å²) in [6.45, 7) is 7.01. The van der Waals surface area contributed by atoms with Crippen LogP contribution in [0.3, 0.4) is 0 Å². The zero-order valence-electron chi connectivity index (χ0n) is 34.4. The summed E-state index contributed by atoms with van der Waals surface area (Å²) in [5.74, 6) is -2.37. The van der Waals surface area contributed by atoms with E-state index in [2.05, 4.69) is 26.3 Å². The number of imidazole rings is 1. The quantitative estimate of drug-likeness (QED) is 0.113. The molecule has 2 saturated heterocycles. The number of nitrogens with zero attached hydrogens (tertiary/aromatic N) is 4. The maximum absolute atomic E-state index is 15.5. The summed E-state index contributed by atoms with van der Waals surface area (Å²) in [6, 6.07) is 5.11. The van der Waals surface area contributed by atoms with Crippen LogP contribution in [-0.4, -0.2) is 125 Å². The largest absolute Gasteiger partial charge is 0.352 e. The molecule has 5 N–H and O–H groups in total. The van der Waals surface area contributed by atoms with E-state index in [1.54, 1.807) is 30.8 Å². The number of H-pyrrole nitrogens is 1. The van der Waals surface area contributed by atoms with Gasteiger partial charge in [-0.1, -0.05) is 34.1 Å². The number of aromatic amines is 1. The van der Waals surface area contributed by atoms with Crippen molar-refractivity contribution in [1.82, 2.24) is 45.6 Å². The zero-order chi connectivity index (χ0) is 42.8. The molecule has 320 valence electrons. The molecular weight excluding hydrogens is 771 g/mol. The highest BCUT2D eigenvalue weighted by atomic mass is 19.1. The third-order valence-corrected chi connectivity index (χ3v) is 11.2. The predicted octanol–water partition coefficient (Wildman–Crippen LogP) is 4.14. The van der Waals surface area contributed by atoms with Crippen LogP contribution in [0.5, 0.6) is 0 Å². The molecule has 2 aromatic heterocycles. The van der Waals surface area contributed by atoms with E-state index in [-0.39, 0.29) is 69.3 Å². The lowest BCUT2D eigenvalue weighted by molar-refractivity contribution is -0.140. The van der Waals surface area contributed by atoms with E-state index in [1.165, 1.54) is 34.1 Å². The van der Waals surface area contributed by atoms with Gasteiger partial charge in [0.1, 0.15) is 36.1 Å². The molecule has 0 saturated carbocycles. The molecule has 6 rings (SSSR count). The van der Waals surface area contributed by atoms with Gasteiger partial charge in [0.15, 0.2) is 5.82 Å². The number of rotatable bonds is 15. The normalized spacial score (nSPS) is 20.7. The van der Waals surface area contributed by atoms with Crippen LogP contribution in [0.15, 0.2) is 36.4 Å². The SMILES string of the molecule is CCCC(NC(=O)CNC)C(=O)N1CC(F)CC1Cn1c(-c2[nH]c3cc(F)ccc3c2CC2CC(F)CN2C(=O)C(NC(=O)CNC)C(C)(C)C)nc2cc(F)ccc21. The van der Waals surface area contributed by atoms with Gasteiger partial charge < -0.3 is 40.6 Å². The van der Waals surface area contributed by atoms with Gasteiger partial charge >= 0.3 is 0 Å². The summed E-state index contributed by atoms with van der Waals surface area (Å²) in [7, 11) is 3.23. The molecule has 2 aliphatic rings. The average molecular weight is 826 g/mol. The number of benzene rings is 2. The van der Waals surface area contributed by atoms with Crippen molar-refractivity contribution in [1.29, 1.82) is 0 Å². The van der Waals surface area contributed by atoms with Crippen LogP contribution < -0.4 is 21.3 Å². The first-order valence-electron chi connectivity index (χ1n) is 20.3. The maximum atomic E-state index is 15.5. The highest BCUT2D eigenvalue weighted by Crippen LogP contribution is 2.38. The van der Waals surface area contributed by atoms with E-state index in [1.807, 2.05) is 27.7 Å². The first kappa shape index (κ1) is 43.5. The van der Waals surface area contributed by atoms with Crippen LogP contribution in [0.25, 0.3) is 33.5 Å². The molecule has 4 heterocycles. The summed E-state index contributed by atoms with van der Waals surface area (Å²) in [6.07, 6.45) is -1.65. The molecular formula is C42H55F4N9O4. The maximum Gasteiger partial charge on any atom is 0.246 e. The number of likely N-dealkylation sites (N-methyl/N-ethyl adjacent to an activating group) is 2. The third kappa shape index (κ3) is 9.56. The standard InChI is InChI=1S/C42H55F4N9O4/c1-7-8-31(49-35(56)18-47-5)40(58)54-21-26(46)14-28(54)22-55-34-12-10-24(44)16-33(34)51-39(55)37-30(29-11-9-23(43)15-32(29)50-37)17-27-13-25(45)20-53(27)41(59)38(42(2,3)4)52-36(57)19-48-6/h9-12,15-16,25-28,31,38,47-48,50H,7-8,13-14,17-22H2,1-6H3,(H,49,56)(H,52,57). The van der Waals surface area contributed by atoms with Gasteiger partial charge in [-0.05, 0) is 68.2 Å². The second kappa shape index (κ2) is 18.1. The number of nitrogens with one attached hydrogen (secondary N) is 5. The van der Waals surface area contributed by atoms with E-state index in [0.717, 1.165) is 0 Å². The van der Waals surface area contributed by atoms with Gasteiger partial charge in [0.05, 0.1) is 48.9 Å². The number of likely N-dealkylation sites (tertiary alicyclic amines) is 2. The van der Waals surface area contributed by atoms with Gasteiger partial charge in [-0.2, -0.15) is 0 Å². The molecule has 2 aromatic carbocycles. The van der Waals surface area contributed by atoms with E-state index in [9.17, 15) is 28.0 Å².